The number of fused-ring (bicyclic) bond motifs is 2. The van der Waals surface area contributed by atoms with Gasteiger partial charge in [0.25, 0.3) is 0 Å². The average Bonchev–Trinajstić information content (AvgIpc) is 2.72. The third-order valence-corrected chi connectivity index (χ3v) is 8.38. The van der Waals surface area contributed by atoms with E-state index in [0.29, 0.717) is 10.8 Å². The largest absolute Gasteiger partial charge is 0.310 e. The van der Waals surface area contributed by atoms with E-state index >= 15 is 0 Å². The summed E-state index contributed by atoms with van der Waals surface area (Å²) in [6.07, 6.45) is 12.4. The maximum atomic E-state index is 4.13. The van der Waals surface area contributed by atoms with Crippen LogP contribution < -0.4 is 5.32 Å². The molecule has 110 valence electrons. The van der Waals surface area contributed by atoms with Crippen LogP contribution in [0.4, 0.5) is 0 Å². The summed E-state index contributed by atoms with van der Waals surface area (Å²) in [6.45, 7) is 7.62. The molecule has 0 aromatic rings. The first-order valence-electron chi connectivity index (χ1n) is 8.28. The van der Waals surface area contributed by atoms with Gasteiger partial charge in [-0.3, -0.25) is 0 Å². The van der Waals surface area contributed by atoms with Gasteiger partial charge in [0.1, 0.15) is 0 Å². The molecule has 3 saturated carbocycles. The van der Waals surface area contributed by atoms with Crippen LogP contribution in [0.25, 0.3) is 0 Å². The van der Waals surface area contributed by atoms with E-state index in [0.717, 1.165) is 23.3 Å². The smallest absolute Gasteiger partial charge is 0.0198 e. The number of hydrogen-bond acceptors (Lipinski definition) is 2. The molecule has 2 bridgehead atoms. The predicted octanol–water partition coefficient (Wildman–Crippen LogP) is 4.47. The summed E-state index contributed by atoms with van der Waals surface area (Å²) in [4.78, 5) is 0. The third-order valence-electron chi connectivity index (χ3n) is 7.21. The van der Waals surface area contributed by atoms with Gasteiger partial charge in [-0.1, -0.05) is 33.6 Å². The van der Waals surface area contributed by atoms with Crippen LogP contribution in [-0.4, -0.2) is 23.6 Å². The van der Waals surface area contributed by atoms with Crippen LogP contribution in [-0.2, 0) is 0 Å². The molecular weight excluding hydrogens is 250 g/mol. The average molecular weight is 282 g/mol. The minimum absolute atomic E-state index is 0.540. The SMILES string of the molecule is CSC1CCCCC1NC1CC2CCC1(C)C2(C)C. The Bertz CT molecular complexity index is 340. The molecule has 0 radical (unpaired) electrons. The van der Waals surface area contributed by atoms with Crippen molar-refractivity contribution in [2.45, 2.75) is 83.1 Å². The zero-order valence-electron chi connectivity index (χ0n) is 13.2. The van der Waals surface area contributed by atoms with Crippen LogP contribution in [0, 0.1) is 16.7 Å². The van der Waals surface area contributed by atoms with E-state index in [9.17, 15) is 0 Å². The molecule has 3 aliphatic carbocycles. The van der Waals surface area contributed by atoms with Crippen molar-refractivity contribution in [3.8, 4) is 0 Å². The Morgan fingerprint density at radius 2 is 1.79 bits per heavy atom. The molecule has 0 aliphatic heterocycles. The lowest BCUT2D eigenvalue weighted by Gasteiger charge is -2.43. The molecule has 2 heteroatoms. The zero-order chi connectivity index (χ0) is 13.7. The van der Waals surface area contributed by atoms with Gasteiger partial charge in [0.2, 0.25) is 0 Å². The molecule has 1 nitrogen and oxygen atoms in total. The molecule has 3 fully saturated rings. The number of nitrogens with one attached hydrogen (secondary N) is 1. The minimum atomic E-state index is 0.540. The van der Waals surface area contributed by atoms with Crippen LogP contribution in [0.5, 0.6) is 0 Å². The molecule has 0 amide bonds. The Labute approximate surface area is 123 Å². The first-order valence-corrected chi connectivity index (χ1v) is 9.56. The highest BCUT2D eigenvalue weighted by molar-refractivity contribution is 7.99. The topological polar surface area (TPSA) is 12.0 Å². The van der Waals surface area contributed by atoms with Crippen LogP contribution in [0.3, 0.4) is 0 Å². The van der Waals surface area contributed by atoms with Gasteiger partial charge in [0.05, 0.1) is 0 Å². The zero-order valence-corrected chi connectivity index (χ0v) is 14.0. The summed E-state index contributed by atoms with van der Waals surface area (Å²) in [5.41, 5.74) is 1.09. The Hall–Kier alpha value is 0.310. The fourth-order valence-electron chi connectivity index (χ4n) is 5.28. The van der Waals surface area contributed by atoms with Crippen LogP contribution in [0.1, 0.15) is 65.7 Å². The lowest BCUT2D eigenvalue weighted by atomic mass is 9.69. The molecule has 0 aromatic carbocycles. The number of thioether (sulfide) groups is 1. The molecule has 1 N–H and O–H groups in total. The van der Waals surface area contributed by atoms with Crippen molar-refractivity contribution >= 4 is 11.8 Å². The summed E-state index contributed by atoms with van der Waals surface area (Å²) in [6, 6.07) is 1.56. The van der Waals surface area contributed by atoms with Gasteiger partial charge in [-0.15, -0.1) is 0 Å². The summed E-state index contributed by atoms with van der Waals surface area (Å²) in [5.74, 6) is 0.964. The molecule has 0 saturated heterocycles. The molecule has 3 rings (SSSR count). The molecule has 0 aromatic heterocycles. The normalized spacial score (nSPS) is 48.6. The van der Waals surface area contributed by atoms with E-state index in [1.54, 1.807) is 0 Å². The van der Waals surface area contributed by atoms with Gasteiger partial charge in [0, 0.05) is 17.3 Å². The quantitative estimate of drug-likeness (QED) is 0.819. The van der Waals surface area contributed by atoms with Gasteiger partial charge in [-0.2, -0.15) is 11.8 Å². The lowest BCUT2D eigenvalue weighted by Crippen LogP contribution is -2.52. The van der Waals surface area contributed by atoms with Crippen molar-refractivity contribution in [1.82, 2.24) is 5.32 Å². The molecule has 5 atom stereocenters. The van der Waals surface area contributed by atoms with Gasteiger partial charge in [-0.05, 0) is 55.1 Å². The highest BCUT2D eigenvalue weighted by Crippen LogP contribution is 2.65. The molecule has 0 heterocycles. The van der Waals surface area contributed by atoms with Gasteiger partial charge in [0.15, 0.2) is 0 Å². The Balaban J connectivity index is 1.71. The molecule has 0 spiro atoms. The maximum Gasteiger partial charge on any atom is 0.0198 e. The van der Waals surface area contributed by atoms with E-state index in [1.165, 1.54) is 44.9 Å². The van der Waals surface area contributed by atoms with Crippen LogP contribution >= 0.6 is 11.8 Å². The standard InChI is InChI=1S/C17H31NS/c1-16(2)12-9-10-17(16,3)15(11-12)18-13-7-5-6-8-14(13)19-4/h12-15,18H,5-11H2,1-4H3. The molecule has 5 unspecified atom stereocenters. The second kappa shape index (κ2) is 4.94. The first kappa shape index (κ1) is 14.3. The fraction of sp³-hybridized carbons (Fsp3) is 1.00. The summed E-state index contributed by atoms with van der Waals surface area (Å²) >= 11 is 2.09. The van der Waals surface area contributed by atoms with E-state index in [-0.39, 0.29) is 0 Å². The van der Waals surface area contributed by atoms with Crippen LogP contribution in [0.15, 0.2) is 0 Å². The predicted molar refractivity (Wildman–Crippen MR) is 85.7 cm³/mol. The van der Waals surface area contributed by atoms with Crippen molar-refractivity contribution in [2.24, 2.45) is 16.7 Å². The fourth-order valence-corrected chi connectivity index (χ4v) is 6.23. The Morgan fingerprint density at radius 3 is 2.37 bits per heavy atom. The summed E-state index contributed by atoms with van der Waals surface area (Å²) < 4.78 is 0. The van der Waals surface area contributed by atoms with Crippen LogP contribution in [0.2, 0.25) is 0 Å². The molecular formula is C17H31NS. The highest BCUT2D eigenvalue weighted by atomic mass is 32.2. The monoisotopic (exact) mass is 281 g/mol. The van der Waals surface area contributed by atoms with E-state index in [1.807, 2.05) is 0 Å². The lowest BCUT2D eigenvalue weighted by molar-refractivity contribution is 0.112. The first-order chi connectivity index (χ1) is 8.99. The van der Waals surface area contributed by atoms with Crippen molar-refractivity contribution in [1.29, 1.82) is 0 Å². The highest BCUT2D eigenvalue weighted by Gasteiger charge is 2.61. The number of rotatable bonds is 3. The summed E-state index contributed by atoms with van der Waals surface area (Å²) in [5, 5.41) is 4.99. The van der Waals surface area contributed by atoms with Crippen molar-refractivity contribution in [2.75, 3.05) is 6.26 Å². The summed E-state index contributed by atoms with van der Waals surface area (Å²) in [7, 11) is 0. The van der Waals surface area contributed by atoms with E-state index in [4.69, 9.17) is 0 Å². The minimum Gasteiger partial charge on any atom is -0.310 e. The van der Waals surface area contributed by atoms with Gasteiger partial charge < -0.3 is 5.32 Å². The van der Waals surface area contributed by atoms with Crippen molar-refractivity contribution < 1.29 is 0 Å². The molecule has 3 aliphatic rings. The Morgan fingerprint density at radius 1 is 1.05 bits per heavy atom. The van der Waals surface area contributed by atoms with E-state index in [2.05, 4.69) is 44.1 Å². The maximum absolute atomic E-state index is 4.13. The van der Waals surface area contributed by atoms with E-state index < -0.39 is 0 Å². The third kappa shape index (κ3) is 2.09. The number of hydrogen-bond donors (Lipinski definition) is 1. The second-order valence-corrected chi connectivity index (χ2v) is 9.07. The molecule has 19 heavy (non-hydrogen) atoms. The van der Waals surface area contributed by atoms with Crippen molar-refractivity contribution in [3.05, 3.63) is 0 Å². The van der Waals surface area contributed by atoms with Gasteiger partial charge in [-0.25, -0.2) is 0 Å². The van der Waals surface area contributed by atoms with Gasteiger partial charge >= 0.3 is 0 Å². The second-order valence-electron chi connectivity index (χ2n) is 7.99. The Kier molecular flexibility index (Phi) is 3.71. The van der Waals surface area contributed by atoms with Crippen molar-refractivity contribution in [3.63, 3.8) is 0 Å².